The van der Waals surface area contributed by atoms with Crippen LogP contribution < -0.4 is 10.5 Å². The summed E-state index contributed by atoms with van der Waals surface area (Å²) in [6, 6.07) is 4.72. The van der Waals surface area contributed by atoms with Crippen LogP contribution in [0.25, 0.3) is 0 Å². The molecule has 0 heterocycles. The summed E-state index contributed by atoms with van der Waals surface area (Å²) < 4.78 is 18.8. The van der Waals surface area contributed by atoms with Gasteiger partial charge in [-0.2, -0.15) is 0 Å². The van der Waals surface area contributed by atoms with Crippen molar-refractivity contribution in [3.63, 3.8) is 0 Å². The zero-order chi connectivity index (χ0) is 12.8. The molecule has 1 aromatic carbocycles. The van der Waals surface area contributed by atoms with Crippen LogP contribution in [-0.4, -0.2) is 6.61 Å². The lowest BCUT2D eigenvalue weighted by Gasteiger charge is -2.10. The topological polar surface area (TPSA) is 35.2 Å². The van der Waals surface area contributed by atoms with E-state index in [2.05, 4.69) is 0 Å². The van der Waals surface area contributed by atoms with Crippen molar-refractivity contribution in [1.82, 2.24) is 0 Å². The monoisotopic (exact) mass is 239 g/mol. The summed E-state index contributed by atoms with van der Waals surface area (Å²) in [5.74, 6) is 0.653. The Balaban J connectivity index is 0.000000686. The summed E-state index contributed by atoms with van der Waals surface area (Å²) in [5, 5.41) is 0. The van der Waals surface area contributed by atoms with Crippen molar-refractivity contribution in [2.45, 2.75) is 39.7 Å². The number of nitrogens with two attached hydrogens (primary N) is 1. The second kappa shape index (κ2) is 6.60. The second-order valence-electron chi connectivity index (χ2n) is 4.23. The highest BCUT2D eigenvalue weighted by Crippen LogP contribution is 2.30. The van der Waals surface area contributed by atoms with Gasteiger partial charge in [0.25, 0.3) is 0 Å². The van der Waals surface area contributed by atoms with Crippen molar-refractivity contribution < 1.29 is 9.13 Å². The van der Waals surface area contributed by atoms with E-state index >= 15 is 0 Å². The highest BCUT2D eigenvalue weighted by Gasteiger charge is 2.22. The van der Waals surface area contributed by atoms with Gasteiger partial charge in [-0.15, -0.1) is 0 Å². The van der Waals surface area contributed by atoms with Crippen molar-refractivity contribution >= 4 is 0 Å². The van der Waals surface area contributed by atoms with Crippen LogP contribution in [-0.2, 0) is 0 Å². The van der Waals surface area contributed by atoms with Gasteiger partial charge in [-0.25, -0.2) is 4.39 Å². The molecule has 0 radical (unpaired) electrons. The van der Waals surface area contributed by atoms with Crippen LogP contribution in [0.15, 0.2) is 18.2 Å². The molecule has 0 bridgehead atoms. The Labute approximate surface area is 103 Å². The van der Waals surface area contributed by atoms with Crippen LogP contribution in [0.1, 0.15) is 45.2 Å². The van der Waals surface area contributed by atoms with Gasteiger partial charge in [-0.3, -0.25) is 0 Å². The Kier molecular flexibility index (Phi) is 5.42. The van der Waals surface area contributed by atoms with Gasteiger partial charge < -0.3 is 10.5 Å². The number of hydrogen-bond donors (Lipinski definition) is 1. The molecule has 1 aromatic rings. The molecule has 1 fully saturated rings. The fraction of sp³-hybridized carbons (Fsp3) is 0.571. The van der Waals surface area contributed by atoms with E-state index in [-0.39, 0.29) is 11.9 Å². The molecule has 1 unspecified atom stereocenters. The van der Waals surface area contributed by atoms with Crippen molar-refractivity contribution in [2.75, 3.05) is 6.61 Å². The third kappa shape index (κ3) is 4.35. The minimum absolute atomic E-state index is 0.0890. The van der Waals surface area contributed by atoms with Gasteiger partial charge in [0.15, 0.2) is 11.6 Å². The molecule has 2 nitrogen and oxygen atoms in total. The zero-order valence-corrected chi connectivity index (χ0v) is 10.9. The SMILES string of the molecule is CC.CC(N)c1ccc(F)c(OCC2CC2)c1. The average Bonchev–Trinajstić information content (AvgIpc) is 3.14. The van der Waals surface area contributed by atoms with Crippen molar-refractivity contribution in [1.29, 1.82) is 0 Å². The molecule has 0 aliphatic heterocycles. The summed E-state index contributed by atoms with van der Waals surface area (Å²) in [5.41, 5.74) is 6.63. The Morgan fingerprint density at radius 3 is 2.59 bits per heavy atom. The normalized spacial score (nSPS) is 15.8. The molecule has 2 N–H and O–H groups in total. The van der Waals surface area contributed by atoms with E-state index in [9.17, 15) is 4.39 Å². The molecule has 0 spiro atoms. The Morgan fingerprint density at radius 1 is 1.41 bits per heavy atom. The van der Waals surface area contributed by atoms with Crippen LogP contribution in [0.4, 0.5) is 4.39 Å². The molecule has 1 aliphatic rings. The van der Waals surface area contributed by atoms with Gasteiger partial charge in [0, 0.05) is 6.04 Å². The summed E-state index contributed by atoms with van der Waals surface area (Å²) >= 11 is 0. The zero-order valence-electron chi connectivity index (χ0n) is 10.9. The fourth-order valence-corrected chi connectivity index (χ4v) is 1.41. The number of rotatable bonds is 4. The molecule has 96 valence electrons. The lowest BCUT2D eigenvalue weighted by molar-refractivity contribution is 0.285. The first-order valence-electron chi connectivity index (χ1n) is 6.34. The van der Waals surface area contributed by atoms with Gasteiger partial charge in [-0.05, 0) is 43.4 Å². The third-order valence-corrected chi connectivity index (χ3v) is 2.65. The highest BCUT2D eigenvalue weighted by molar-refractivity contribution is 5.31. The molecule has 2 rings (SSSR count). The predicted molar refractivity (Wildman–Crippen MR) is 68.6 cm³/mol. The minimum atomic E-state index is -0.306. The number of benzene rings is 1. The van der Waals surface area contributed by atoms with E-state index in [1.54, 1.807) is 12.1 Å². The predicted octanol–water partition coefficient (Wildman–Crippen LogP) is 3.66. The first-order chi connectivity index (χ1) is 8.16. The van der Waals surface area contributed by atoms with Crippen molar-refractivity contribution in [3.05, 3.63) is 29.6 Å². The Hall–Kier alpha value is -1.09. The Morgan fingerprint density at radius 2 is 2.06 bits per heavy atom. The maximum absolute atomic E-state index is 13.3. The van der Waals surface area contributed by atoms with Gasteiger partial charge in [0.2, 0.25) is 0 Å². The molecule has 3 heteroatoms. The minimum Gasteiger partial charge on any atom is -0.490 e. The number of ether oxygens (including phenoxy) is 1. The largest absolute Gasteiger partial charge is 0.490 e. The maximum Gasteiger partial charge on any atom is 0.165 e. The molecular formula is C14H22FNO. The molecule has 0 saturated heterocycles. The summed E-state index contributed by atoms with van der Waals surface area (Å²) in [4.78, 5) is 0. The smallest absolute Gasteiger partial charge is 0.165 e. The summed E-state index contributed by atoms with van der Waals surface area (Å²) in [7, 11) is 0. The van der Waals surface area contributed by atoms with Crippen LogP contribution in [0.2, 0.25) is 0 Å². The van der Waals surface area contributed by atoms with Gasteiger partial charge in [-0.1, -0.05) is 19.9 Å². The van der Waals surface area contributed by atoms with E-state index in [4.69, 9.17) is 10.5 Å². The molecule has 1 atom stereocenters. The molecule has 0 aromatic heterocycles. The van der Waals surface area contributed by atoms with E-state index < -0.39 is 0 Å². The van der Waals surface area contributed by atoms with E-state index in [1.165, 1.54) is 18.9 Å². The van der Waals surface area contributed by atoms with Gasteiger partial charge in [0.1, 0.15) is 0 Å². The molecule has 1 aliphatic carbocycles. The van der Waals surface area contributed by atoms with Crippen LogP contribution in [0.5, 0.6) is 5.75 Å². The lowest BCUT2D eigenvalue weighted by Crippen LogP contribution is -2.07. The standard InChI is InChI=1S/C12H16FNO.C2H6/c1-8(14)10-4-5-11(13)12(6-10)15-7-9-2-3-9;1-2/h4-6,8-9H,2-3,7,14H2,1H3;1-2H3. The van der Waals surface area contributed by atoms with Crippen LogP contribution >= 0.6 is 0 Å². The highest BCUT2D eigenvalue weighted by atomic mass is 19.1. The van der Waals surface area contributed by atoms with E-state index in [0.717, 1.165) is 5.56 Å². The fourth-order valence-electron chi connectivity index (χ4n) is 1.41. The summed E-state index contributed by atoms with van der Waals surface area (Å²) in [6.45, 7) is 6.50. The van der Waals surface area contributed by atoms with Crippen LogP contribution in [0.3, 0.4) is 0 Å². The van der Waals surface area contributed by atoms with E-state index in [0.29, 0.717) is 18.3 Å². The van der Waals surface area contributed by atoms with E-state index in [1.807, 2.05) is 20.8 Å². The average molecular weight is 239 g/mol. The number of halogens is 1. The summed E-state index contributed by atoms with van der Waals surface area (Å²) in [6.07, 6.45) is 2.41. The molecule has 1 saturated carbocycles. The van der Waals surface area contributed by atoms with Gasteiger partial charge >= 0.3 is 0 Å². The number of hydrogen-bond acceptors (Lipinski definition) is 2. The first-order valence-corrected chi connectivity index (χ1v) is 6.34. The third-order valence-electron chi connectivity index (χ3n) is 2.65. The molecule has 0 amide bonds. The lowest BCUT2D eigenvalue weighted by atomic mass is 10.1. The molecular weight excluding hydrogens is 217 g/mol. The maximum atomic E-state index is 13.3. The Bertz CT molecular complexity index is 348. The second-order valence-corrected chi connectivity index (χ2v) is 4.23. The van der Waals surface area contributed by atoms with Gasteiger partial charge in [0.05, 0.1) is 6.61 Å². The molecule has 17 heavy (non-hydrogen) atoms. The quantitative estimate of drug-likeness (QED) is 0.870. The van der Waals surface area contributed by atoms with Crippen molar-refractivity contribution in [3.8, 4) is 5.75 Å². The van der Waals surface area contributed by atoms with Crippen LogP contribution in [0, 0.1) is 11.7 Å². The van der Waals surface area contributed by atoms with Crippen molar-refractivity contribution in [2.24, 2.45) is 11.7 Å². The first kappa shape index (κ1) is 14.0.